The van der Waals surface area contributed by atoms with Crippen molar-refractivity contribution in [1.29, 1.82) is 0 Å². The van der Waals surface area contributed by atoms with E-state index in [0.29, 0.717) is 0 Å². The molecule has 0 heterocycles. The van der Waals surface area contributed by atoms with Crippen molar-refractivity contribution in [2.45, 2.75) is 13.8 Å². The maximum Gasteiger partial charge on any atom is 0.0461 e. The Hall–Kier alpha value is -2.54. The molecule has 0 aromatic heterocycles. The molecule has 0 aliphatic heterocycles. The lowest BCUT2D eigenvalue weighted by atomic mass is 10.2. The van der Waals surface area contributed by atoms with Gasteiger partial charge in [-0.1, -0.05) is 61.7 Å². The smallest absolute Gasteiger partial charge is 0.0461 e. The highest BCUT2D eigenvalue weighted by Crippen LogP contribution is 2.26. The first-order valence-electron chi connectivity index (χ1n) is 7.04. The van der Waals surface area contributed by atoms with Crippen molar-refractivity contribution in [2.75, 3.05) is 4.90 Å². The third-order valence-corrected chi connectivity index (χ3v) is 2.86. The molecule has 1 nitrogen and oxygen atoms in total. The second-order valence-corrected chi connectivity index (χ2v) is 4.31. The van der Waals surface area contributed by atoms with Crippen LogP contribution in [0, 0.1) is 0 Å². The number of benzene rings is 1. The molecule has 0 spiro atoms. The van der Waals surface area contributed by atoms with E-state index >= 15 is 0 Å². The fourth-order valence-electron chi connectivity index (χ4n) is 1.99. The molecule has 0 aliphatic rings. The second kappa shape index (κ2) is 9.38. The lowest BCUT2D eigenvalue weighted by molar-refractivity contribution is 1.13. The molecule has 21 heavy (non-hydrogen) atoms. The molecule has 0 bridgehead atoms. The van der Waals surface area contributed by atoms with E-state index in [0.717, 1.165) is 17.1 Å². The number of hydrogen-bond acceptors (Lipinski definition) is 1. The minimum absolute atomic E-state index is 1.06. The molecule has 0 aliphatic carbocycles. The molecule has 0 amide bonds. The second-order valence-electron chi connectivity index (χ2n) is 4.31. The summed E-state index contributed by atoms with van der Waals surface area (Å²) in [4.78, 5) is 2.18. The molecule has 1 aromatic carbocycles. The van der Waals surface area contributed by atoms with Gasteiger partial charge >= 0.3 is 0 Å². The van der Waals surface area contributed by atoms with Crippen LogP contribution < -0.4 is 4.90 Å². The Kier molecular flexibility index (Phi) is 7.37. The molecule has 1 heteroatoms. The number of rotatable bonds is 7. The Morgan fingerprint density at radius 3 is 2.19 bits per heavy atom. The maximum atomic E-state index is 3.82. The van der Waals surface area contributed by atoms with Crippen LogP contribution in [-0.4, -0.2) is 0 Å². The predicted molar refractivity (Wildman–Crippen MR) is 95.1 cm³/mol. The molecule has 0 unspecified atom stereocenters. The predicted octanol–water partition coefficient (Wildman–Crippen LogP) is 5.79. The molecule has 0 fully saturated rings. The molecule has 0 saturated carbocycles. The maximum absolute atomic E-state index is 3.82. The molecule has 108 valence electrons. The Labute approximate surface area is 128 Å². The summed E-state index contributed by atoms with van der Waals surface area (Å²) >= 11 is 0. The van der Waals surface area contributed by atoms with Crippen molar-refractivity contribution in [3.05, 3.63) is 103 Å². The average molecular weight is 277 g/mol. The summed E-state index contributed by atoms with van der Waals surface area (Å²) in [5.74, 6) is 0. The highest BCUT2D eigenvalue weighted by atomic mass is 15.1. The van der Waals surface area contributed by atoms with Gasteiger partial charge in [0.2, 0.25) is 0 Å². The van der Waals surface area contributed by atoms with E-state index in [9.17, 15) is 0 Å². The van der Waals surface area contributed by atoms with Crippen molar-refractivity contribution in [1.82, 2.24) is 0 Å². The van der Waals surface area contributed by atoms with Gasteiger partial charge in [0.1, 0.15) is 0 Å². The fourth-order valence-corrected chi connectivity index (χ4v) is 1.99. The van der Waals surface area contributed by atoms with Crippen LogP contribution in [-0.2, 0) is 0 Å². The SMILES string of the molecule is C=C/C=C\C(=C/C)N(C(/C=C\C)=C/C=C)c1ccccc1. The molecule has 0 atom stereocenters. The molecular formula is C20H23N. The van der Waals surface area contributed by atoms with Gasteiger partial charge in [0.05, 0.1) is 0 Å². The van der Waals surface area contributed by atoms with E-state index in [1.165, 1.54) is 0 Å². The third kappa shape index (κ3) is 4.81. The molecule has 0 radical (unpaired) electrons. The fraction of sp³-hybridized carbons (Fsp3) is 0.100. The highest BCUT2D eigenvalue weighted by molar-refractivity contribution is 5.63. The molecule has 0 N–H and O–H groups in total. The van der Waals surface area contributed by atoms with Crippen molar-refractivity contribution < 1.29 is 0 Å². The van der Waals surface area contributed by atoms with E-state index < -0.39 is 0 Å². The number of para-hydroxylation sites is 1. The zero-order chi connectivity index (χ0) is 15.5. The highest BCUT2D eigenvalue weighted by Gasteiger charge is 2.12. The van der Waals surface area contributed by atoms with Crippen LogP contribution in [0.25, 0.3) is 0 Å². The van der Waals surface area contributed by atoms with Gasteiger partial charge < -0.3 is 4.90 Å². The van der Waals surface area contributed by atoms with Gasteiger partial charge in [0, 0.05) is 17.1 Å². The van der Waals surface area contributed by atoms with Gasteiger partial charge in [-0.05, 0) is 44.2 Å². The normalized spacial score (nSPS) is 12.9. The summed E-state index contributed by atoms with van der Waals surface area (Å²) in [5.41, 5.74) is 3.23. The van der Waals surface area contributed by atoms with Crippen LogP contribution in [0.2, 0.25) is 0 Å². The lowest BCUT2D eigenvalue weighted by Gasteiger charge is -2.27. The lowest BCUT2D eigenvalue weighted by Crippen LogP contribution is -2.19. The van der Waals surface area contributed by atoms with Crippen molar-refractivity contribution in [3.8, 4) is 0 Å². The van der Waals surface area contributed by atoms with Gasteiger partial charge in [0.25, 0.3) is 0 Å². The Morgan fingerprint density at radius 1 is 0.952 bits per heavy atom. The van der Waals surface area contributed by atoms with E-state index in [1.54, 1.807) is 12.2 Å². The summed E-state index contributed by atoms with van der Waals surface area (Å²) in [6.45, 7) is 11.6. The zero-order valence-electron chi connectivity index (χ0n) is 12.9. The molecule has 0 saturated heterocycles. The van der Waals surface area contributed by atoms with Crippen molar-refractivity contribution in [3.63, 3.8) is 0 Å². The van der Waals surface area contributed by atoms with Gasteiger partial charge in [-0.3, -0.25) is 0 Å². The Balaban J connectivity index is 3.41. The van der Waals surface area contributed by atoms with Crippen LogP contribution in [0.3, 0.4) is 0 Å². The first-order chi connectivity index (χ1) is 10.3. The van der Waals surface area contributed by atoms with E-state index in [-0.39, 0.29) is 0 Å². The Morgan fingerprint density at radius 2 is 1.67 bits per heavy atom. The minimum atomic E-state index is 1.06. The molecule has 1 aromatic rings. The largest absolute Gasteiger partial charge is 0.311 e. The van der Waals surface area contributed by atoms with Crippen LogP contribution in [0.1, 0.15) is 13.8 Å². The number of hydrogen-bond donors (Lipinski definition) is 0. The Bertz CT molecular complexity index is 571. The quantitative estimate of drug-likeness (QED) is 0.570. The van der Waals surface area contributed by atoms with Crippen LogP contribution >= 0.6 is 0 Å². The number of anilines is 1. The summed E-state index contributed by atoms with van der Waals surface area (Å²) in [6.07, 6.45) is 15.7. The van der Waals surface area contributed by atoms with Crippen molar-refractivity contribution >= 4 is 5.69 Å². The standard InChI is InChI=1S/C20H23N/c1-5-9-15-18(8-4)21(19(13-6-2)14-7-3)20-16-11-10-12-17-20/h5-17H,1-2H2,3-4H3/b14-7-,15-9-,18-8+,19-13+. The van der Waals surface area contributed by atoms with E-state index in [4.69, 9.17) is 0 Å². The molecular weight excluding hydrogens is 254 g/mol. The minimum Gasteiger partial charge on any atom is -0.311 e. The topological polar surface area (TPSA) is 3.24 Å². The van der Waals surface area contributed by atoms with Crippen molar-refractivity contribution in [2.24, 2.45) is 0 Å². The number of nitrogens with zero attached hydrogens (tertiary/aromatic N) is 1. The monoisotopic (exact) mass is 277 g/mol. The summed E-state index contributed by atoms with van der Waals surface area (Å²) < 4.78 is 0. The third-order valence-electron chi connectivity index (χ3n) is 2.86. The average Bonchev–Trinajstić information content (AvgIpc) is 2.52. The van der Waals surface area contributed by atoms with Gasteiger partial charge in [0.15, 0.2) is 0 Å². The van der Waals surface area contributed by atoms with Crippen LogP contribution in [0.5, 0.6) is 0 Å². The van der Waals surface area contributed by atoms with Gasteiger partial charge in [-0.2, -0.15) is 0 Å². The van der Waals surface area contributed by atoms with E-state index in [1.807, 2.05) is 56.4 Å². The summed E-state index contributed by atoms with van der Waals surface area (Å²) in [5, 5.41) is 0. The first kappa shape index (κ1) is 16.5. The zero-order valence-corrected chi connectivity index (χ0v) is 12.9. The molecule has 1 rings (SSSR count). The van der Waals surface area contributed by atoms with Crippen LogP contribution in [0.15, 0.2) is 103 Å². The number of allylic oxidation sites excluding steroid dienone is 8. The first-order valence-corrected chi connectivity index (χ1v) is 7.04. The van der Waals surface area contributed by atoms with E-state index in [2.05, 4.69) is 42.3 Å². The van der Waals surface area contributed by atoms with Gasteiger partial charge in [-0.25, -0.2) is 0 Å². The summed E-state index contributed by atoms with van der Waals surface area (Å²) in [7, 11) is 0. The van der Waals surface area contributed by atoms with Crippen LogP contribution in [0.4, 0.5) is 5.69 Å². The van der Waals surface area contributed by atoms with Gasteiger partial charge in [-0.15, -0.1) is 0 Å². The summed E-state index contributed by atoms with van der Waals surface area (Å²) in [6, 6.07) is 10.3.